The molecule has 7 nitrogen and oxygen atoms in total. The molecule has 0 aromatic heterocycles. The van der Waals surface area contributed by atoms with E-state index >= 15 is 0 Å². The van der Waals surface area contributed by atoms with Gasteiger partial charge in [0.05, 0.1) is 6.26 Å². The fourth-order valence-electron chi connectivity index (χ4n) is 3.11. The van der Waals surface area contributed by atoms with Gasteiger partial charge in [0.15, 0.2) is 0 Å². The van der Waals surface area contributed by atoms with Crippen LogP contribution in [-0.2, 0) is 20.2 Å². The third kappa shape index (κ3) is 4.38. The fraction of sp³-hybridized carbons (Fsp3) is 1.00. The Bertz CT molecular complexity index is 561. The summed E-state index contributed by atoms with van der Waals surface area (Å²) in [6, 6.07) is -0.310. The summed E-state index contributed by atoms with van der Waals surface area (Å²) >= 11 is 0. The van der Waals surface area contributed by atoms with Crippen molar-refractivity contribution in [1.29, 1.82) is 0 Å². The van der Waals surface area contributed by atoms with Crippen LogP contribution in [0.25, 0.3) is 0 Å². The largest absolute Gasteiger partial charge is 0.282 e. The summed E-state index contributed by atoms with van der Waals surface area (Å²) in [4.78, 5) is 0. The molecule has 0 radical (unpaired) electrons. The first-order valence-corrected chi connectivity index (χ1v) is 10.7. The predicted octanol–water partition coefficient (Wildman–Crippen LogP) is 0.119. The standard InChI is InChI=1S/C12H25N3O4S2/c1-11-6-3-4-9-15(11)21(18,19)14-8-5-7-12(10-14)13-20(2,16)17/h11-13H,3-10H2,1-2H3. The van der Waals surface area contributed by atoms with Gasteiger partial charge in [-0.05, 0) is 32.6 Å². The Balaban J connectivity index is 2.09. The quantitative estimate of drug-likeness (QED) is 0.788. The summed E-state index contributed by atoms with van der Waals surface area (Å²) in [5, 5.41) is 0. The van der Waals surface area contributed by atoms with Crippen molar-refractivity contribution in [1.82, 2.24) is 13.3 Å². The molecule has 2 fully saturated rings. The molecule has 2 aliphatic heterocycles. The number of sulfonamides is 1. The maximum absolute atomic E-state index is 12.7. The van der Waals surface area contributed by atoms with E-state index < -0.39 is 20.2 Å². The molecular weight excluding hydrogens is 314 g/mol. The second-order valence-electron chi connectivity index (χ2n) is 6.05. The highest BCUT2D eigenvalue weighted by molar-refractivity contribution is 7.88. The van der Waals surface area contributed by atoms with E-state index in [1.165, 1.54) is 4.31 Å². The highest BCUT2D eigenvalue weighted by atomic mass is 32.2. The number of nitrogens with one attached hydrogen (secondary N) is 1. The van der Waals surface area contributed by atoms with Crippen molar-refractivity contribution in [3.63, 3.8) is 0 Å². The molecule has 0 bridgehead atoms. The fourth-order valence-corrected chi connectivity index (χ4v) is 5.86. The molecule has 0 spiro atoms. The van der Waals surface area contributed by atoms with Crippen LogP contribution in [0.4, 0.5) is 0 Å². The third-order valence-electron chi connectivity index (χ3n) is 4.13. The Morgan fingerprint density at radius 2 is 1.71 bits per heavy atom. The Hall–Kier alpha value is -0.220. The number of piperidine rings is 2. The maximum atomic E-state index is 12.7. The van der Waals surface area contributed by atoms with Crippen LogP contribution in [0, 0.1) is 0 Å². The van der Waals surface area contributed by atoms with E-state index in [1.54, 1.807) is 4.31 Å². The lowest BCUT2D eigenvalue weighted by molar-refractivity contribution is 0.226. The van der Waals surface area contributed by atoms with Crippen molar-refractivity contribution < 1.29 is 16.8 Å². The average molecular weight is 339 g/mol. The minimum atomic E-state index is -3.49. The second kappa shape index (κ2) is 6.49. The minimum absolute atomic E-state index is 0.0204. The molecule has 2 unspecified atom stereocenters. The molecule has 1 N–H and O–H groups in total. The van der Waals surface area contributed by atoms with Crippen molar-refractivity contribution >= 4 is 20.2 Å². The molecule has 0 saturated carbocycles. The van der Waals surface area contributed by atoms with Crippen molar-refractivity contribution in [2.24, 2.45) is 0 Å². The van der Waals surface area contributed by atoms with Gasteiger partial charge in [0.25, 0.3) is 10.2 Å². The van der Waals surface area contributed by atoms with Crippen molar-refractivity contribution in [2.45, 2.75) is 51.1 Å². The molecule has 0 amide bonds. The molecule has 0 aromatic rings. The van der Waals surface area contributed by atoms with Crippen LogP contribution < -0.4 is 4.72 Å². The molecule has 9 heteroatoms. The van der Waals surface area contributed by atoms with Gasteiger partial charge >= 0.3 is 0 Å². The van der Waals surface area contributed by atoms with Crippen LogP contribution in [0.3, 0.4) is 0 Å². The van der Waals surface area contributed by atoms with Gasteiger partial charge in [-0.25, -0.2) is 13.1 Å². The van der Waals surface area contributed by atoms with Crippen LogP contribution in [0.15, 0.2) is 0 Å². The summed E-state index contributed by atoms with van der Waals surface area (Å²) in [5.41, 5.74) is 0. The van der Waals surface area contributed by atoms with E-state index in [2.05, 4.69) is 4.72 Å². The molecule has 2 heterocycles. The van der Waals surface area contributed by atoms with Gasteiger partial charge in [-0.2, -0.15) is 17.0 Å². The van der Waals surface area contributed by atoms with E-state index in [4.69, 9.17) is 0 Å². The molecule has 124 valence electrons. The van der Waals surface area contributed by atoms with Crippen molar-refractivity contribution in [2.75, 3.05) is 25.9 Å². The summed E-state index contributed by atoms with van der Waals surface area (Å²) in [6.45, 7) is 3.18. The smallest absolute Gasteiger partial charge is 0.213 e. The van der Waals surface area contributed by atoms with Crippen LogP contribution in [0.1, 0.15) is 39.0 Å². The summed E-state index contributed by atoms with van der Waals surface area (Å²) in [5.74, 6) is 0. The lowest BCUT2D eigenvalue weighted by atomic mass is 10.1. The van der Waals surface area contributed by atoms with E-state index in [-0.39, 0.29) is 18.6 Å². The summed E-state index contributed by atoms with van der Waals surface area (Å²) in [6.07, 6.45) is 5.29. The summed E-state index contributed by atoms with van der Waals surface area (Å²) < 4.78 is 53.6. The van der Waals surface area contributed by atoms with E-state index in [0.717, 1.165) is 25.5 Å². The summed E-state index contributed by atoms with van der Waals surface area (Å²) in [7, 11) is -6.80. The van der Waals surface area contributed by atoms with E-state index in [0.29, 0.717) is 25.9 Å². The van der Waals surface area contributed by atoms with Crippen LogP contribution in [0.5, 0.6) is 0 Å². The molecular formula is C12H25N3O4S2. The SMILES string of the molecule is CC1CCCCN1S(=O)(=O)N1CCCC(NS(C)(=O)=O)C1. The molecule has 0 aliphatic carbocycles. The molecule has 21 heavy (non-hydrogen) atoms. The number of nitrogens with zero attached hydrogens (tertiary/aromatic N) is 2. The third-order valence-corrected chi connectivity index (χ3v) is 7.01. The highest BCUT2D eigenvalue weighted by Crippen LogP contribution is 2.24. The van der Waals surface area contributed by atoms with Crippen LogP contribution in [-0.4, -0.2) is 63.4 Å². The zero-order valence-electron chi connectivity index (χ0n) is 12.7. The zero-order chi connectivity index (χ0) is 15.7. The van der Waals surface area contributed by atoms with E-state index in [1.807, 2.05) is 6.92 Å². The predicted molar refractivity (Wildman–Crippen MR) is 81.5 cm³/mol. The number of rotatable bonds is 4. The van der Waals surface area contributed by atoms with Crippen LogP contribution >= 0.6 is 0 Å². The molecule has 2 atom stereocenters. The van der Waals surface area contributed by atoms with Gasteiger partial charge in [-0.15, -0.1) is 0 Å². The van der Waals surface area contributed by atoms with Crippen LogP contribution in [0.2, 0.25) is 0 Å². The van der Waals surface area contributed by atoms with Gasteiger partial charge in [0, 0.05) is 31.7 Å². The van der Waals surface area contributed by atoms with E-state index in [9.17, 15) is 16.8 Å². The Morgan fingerprint density at radius 1 is 1.00 bits per heavy atom. The Labute approximate surface area is 127 Å². The topological polar surface area (TPSA) is 86.8 Å². The monoisotopic (exact) mass is 339 g/mol. The normalized spacial score (nSPS) is 30.4. The first-order valence-electron chi connectivity index (χ1n) is 7.44. The Kier molecular flexibility index (Phi) is 5.30. The highest BCUT2D eigenvalue weighted by Gasteiger charge is 2.37. The van der Waals surface area contributed by atoms with Gasteiger partial charge in [-0.3, -0.25) is 0 Å². The Morgan fingerprint density at radius 3 is 2.33 bits per heavy atom. The molecule has 2 aliphatic rings. The van der Waals surface area contributed by atoms with Gasteiger partial charge < -0.3 is 0 Å². The average Bonchev–Trinajstić information content (AvgIpc) is 2.37. The van der Waals surface area contributed by atoms with Gasteiger partial charge in [0.2, 0.25) is 10.0 Å². The van der Waals surface area contributed by atoms with Gasteiger partial charge in [-0.1, -0.05) is 6.42 Å². The maximum Gasteiger partial charge on any atom is 0.282 e. The second-order valence-corrected chi connectivity index (χ2v) is 9.71. The number of hydrogen-bond acceptors (Lipinski definition) is 4. The zero-order valence-corrected chi connectivity index (χ0v) is 14.3. The molecule has 0 aromatic carbocycles. The first-order chi connectivity index (χ1) is 9.70. The minimum Gasteiger partial charge on any atom is -0.213 e. The first kappa shape index (κ1) is 17.1. The molecule has 2 rings (SSSR count). The molecule has 2 saturated heterocycles. The van der Waals surface area contributed by atoms with Crippen molar-refractivity contribution in [3.05, 3.63) is 0 Å². The number of hydrogen-bond donors (Lipinski definition) is 1. The van der Waals surface area contributed by atoms with Crippen molar-refractivity contribution in [3.8, 4) is 0 Å². The lowest BCUT2D eigenvalue weighted by Gasteiger charge is -2.39. The van der Waals surface area contributed by atoms with Gasteiger partial charge in [0.1, 0.15) is 0 Å². The lowest BCUT2D eigenvalue weighted by Crippen LogP contribution is -2.55.